The molecule has 1 fully saturated rings. The first-order chi connectivity index (χ1) is 19.7. The molecule has 0 N–H and O–H groups in total. The molecule has 2 aliphatic rings. The van der Waals surface area contributed by atoms with Gasteiger partial charge in [-0.2, -0.15) is 0 Å². The summed E-state index contributed by atoms with van der Waals surface area (Å²) < 4.78 is 2.47. The molecule has 0 radical (unpaired) electrons. The summed E-state index contributed by atoms with van der Waals surface area (Å²) in [6.07, 6.45) is 6.54. The van der Waals surface area contributed by atoms with Crippen molar-refractivity contribution in [2.75, 3.05) is 5.01 Å². The van der Waals surface area contributed by atoms with E-state index in [1.807, 2.05) is 0 Å². The van der Waals surface area contributed by atoms with Crippen LogP contribution >= 0.6 is 0 Å². The Morgan fingerprint density at radius 1 is 0.610 bits per heavy atom. The first kappa shape index (κ1) is 29.5. The highest BCUT2D eigenvalue weighted by Gasteiger charge is 2.53. The van der Waals surface area contributed by atoms with Gasteiger partial charge >= 0.3 is 0 Å². The zero-order valence-corrected chi connectivity index (χ0v) is 26.8. The number of hydrogen-bond acceptors (Lipinski definition) is 2. The number of anilines is 1. The van der Waals surface area contributed by atoms with Crippen LogP contribution in [-0.4, -0.2) is 10.7 Å². The first-order valence-corrected chi connectivity index (χ1v) is 16.3. The predicted molar refractivity (Wildman–Crippen MR) is 174 cm³/mol. The predicted octanol–water partition coefficient (Wildman–Crippen LogP) is 11.4. The van der Waals surface area contributed by atoms with Crippen LogP contribution in [0.1, 0.15) is 145 Å². The summed E-state index contributed by atoms with van der Waals surface area (Å²) >= 11 is 0. The summed E-state index contributed by atoms with van der Waals surface area (Å²) in [5.74, 6) is 2.25. The molecule has 0 bridgehead atoms. The van der Waals surface area contributed by atoms with Crippen LogP contribution in [0, 0.1) is 5.92 Å². The van der Waals surface area contributed by atoms with Crippen molar-refractivity contribution in [2.24, 2.45) is 11.1 Å². The van der Waals surface area contributed by atoms with Gasteiger partial charge in [0.1, 0.15) is 0 Å². The van der Waals surface area contributed by atoms with E-state index in [-0.39, 0.29) is 12.1 Å². The van der Waals surface area contributed by atoms with E-state index < -0.39 is 0 Å². The van der Waals surface area contributed by atoms with E-state index >= 15 is 0 Å². The SMILES string of the molecule is CC(C)c1cccc(C(C)C)c1N1N=[N+](c2c(C(C)C)cccc2C(C)C)C(c2ccccc2)C1C1CCCCC1. The van der Waals surface area contributed by atoms with Gasteiger partial charge in [-0.25, -0.2) is 0 Å². The molecule has 2 atom stereocenters. The summed E-state index contributed by atoms with van der Waals surface area (Å²) in [6.45, 7) is 18.7. The molecule has 1 saturated carbocycles. The second-order valence-electron chi connectivity index (χ2n) is 13.7. The van der Waals surface area contributed by atoms with Crippen LogP contribution in [0.3, 0.4) is 0 Å². The molecule has 0 amide bonds. The summed E-state index contributed by atoms with van der Waals surface area (Å²) in [6, 6.07) is 25.6. The van der Waals surface area contributed by atoms with Crippen molar-refractivity contribution in [3.63, 3.8) is 0 Å². The topological polar surface area (TPSA) is 18.6 Å². The van der Waals surface area contributed by atoms with Crippen LogP contribution in [0.15, 0.2) is 72.0 Å². The summed E-state index contributed by atoms with van der Waals surface area (Å²) in [7, 11) is 0. The Morgan fingerprint density at radius 2 is 1.10 bits per heavy atom. The third-order valence-corrected chi connectivity index (χ3v) is 9.48. The number of benzene rings is 3. The van der Waals surface area contributed by atoms with Crippen LogP contribution in [0.4, 0.5) is 11.4 Å². The molecule has 1 heterocycles. The fraction of sp³-hybridized carbons (Fsp3) is 0.526. The van der Waals surface area contributed by atoms with E-state index in [9.17, 15) is 0 Å². The molecule has 1 aliphatic carbocycles. The number of nitrogens with zero attached hydrogens (tertiary/aromatic N) is 3. The van der Waals surface area contributed by atoms with E-state index in [0.29, 0.717) is 29.6 Å². The van der Waals surface area contributed by atoms with Crippen molar-refractivity contribution in [3.8, 4) is 0 Å². The number of rotatable bonds is 8. The van der Waals surface area contributed by atoms with Gasteiger partial charge in [-0.15, -0.1) is 9.71 Å². The monoisotopic (exact) mass is 550 g/mol. The minimum atomic E-state index is 0.150. The molecule has 2 unspecified atom stereocenters. The van der Waals surface area contributed by atoms with E-state index in [4.69, 9.17) is 5.22 Å². The minimum absolute atomic E-state index is 0.150. The van der Waals surface area contributed by atoms with Crippen LogP contribution < -0.4 is 5.01 Å². The Bertz CT molecular complexity index is 1290. The highest BCUT2D eigenvalue weighted by molar-refractivity contribution is 5.63. The van der Waals surface area contributed by atoms with Gasteiger partial charge in [-0.05, 0) is 36.5 Å². The van der Waals surface area contributed by atoms with E-state index in [1.54, 1.807) is 0 Å². The molecule has 3 nitrogen and oxygen atoms in total. The molecule has 218 valence electrons. The Balaban J connectivity index is 1.85. The van der Waals surface area contributed by atoms with Gasteiger partial charge in [0.25, 0.3) is 0 Å². The molecular formula is C38H52N3+. The fourth-order valence-electron chi connectivity index (χ4n) is 7.35. The normalized spacial score (nSPS) is 20.1. The van der Waals surface area contributed by atoms with Gasteiger partial charge in [-0.1, -0.05) is 141 Å². The zero-order valence-electron chi connectivity index (χ0n) is 26.8. The second-order valence-corrected chi connectivity index (χ2v) is 13.7. The maximum atomic E-state index is 5.78. The number of para-hydroxylation sites is 2. The van der Waals surface area contributed by atoms with Gasteiger partial charge in [-0.3, -0.25) is 0 Å². The van der Waals surface area contributed by atoms with Crippen LogP contribution in [0.5, 0.6) is 0 Å². The Kier molecular flexibility index (Phi) is 9.02. The fourth-order valence-corrected chi connectivity index (χ4v) is 7.35. The highest BCUT2D eigenvalue weighted by Crippen LogP contribution is 2.50. The molecule has 0 spiro atoms. The first-order valence-electron chi connectivity index (χ1n) is 16.3. The van der Waals surface area contributed by atoms with Crippen molar-refractivity contribution >= 4 is 11.4 Å². The molecule has 3 aromatic carbocycles. The Labute approximate surface area is 249 Å². The third-order valence-electron chi connectivity index (χ3n) is 9.48. The van der Waals surface area contributed by atoms with Crippen LogP contribution in [0.25, 0.3) is 0 Å². The standard InChI is InChI=1S/C38H52N3/c1-25(2)31-21-15-22-32(26(3)4)37(31)40-35(29-17-11-9-12-18-29)36(30-19-13-10-14-20-30)41(39-40)38-33(27(5)6)23-16-24-34(38)28(7)8/h9,11-12,15-18,21-28,30,35-36H,10,13-14,19-20H2,1-8H3/q+1. The Morgan fingerprint density at radius 3 is 1.59 bits per heavy atom. The smallest absolute Gasteiger partial charge is 0.125 e. The van der Waals surface area contributed by atoms with Crippen molar-refractivity contribution in [2.45, 2.75) is 123 Å². The van der Waals surface area contributed by atoms with Gasteiger partial charge in [0.05, 0.1) is 5.22 Å². The molecule has 3 aromatic rings. The lowest BCUT2D eigenvalue weighted by Gasteiger charge is -2.33. The maximum absolute atomic E-state index is 5.78. The highest BCUT2D eigenvalue weighted by atomic mass is 15.7. The van der Waals surface area contributed by atoms with Crippen LogP contribution in [0.2, 0.25) is 0 Å². The number of hydrogen-bond donors (Lipinski definition) is 0. The molecule has 0 aromatic heterocycles. The van der Waals surface area contributed by atoms with Crippen molar-refractivity contribution in [1.82, 2.24) is 0 Å². The van der Waals surface area contributed by atoms with E-state index in [1.165, 1.54) is 71.3 Å². The average Bonchev–Trinajstić information content (AvgIpc) is 3.37. The summed E-state index contributed by atoms with van der Waals surface area (Å²) in [5, 5.41) is 8.31. The average molecular weight is 551 g/mol. The van der Waals surface area contributed by atoms with Crippen molar-refractivity contribution in [3.05, 3.63) is 94.5 Å². The van der Waals surface area contributed by atoms with Crippen molar-refractivity contribution < 1.29 is 4.70 Å². The lowest BCUT2D eigenvalue weighted by Crippen LogP contribution is -2.41. The van der Waals surface area contributed by atoms with Gasteiger partial charge in [0.15, 0.2) is 23.5 Å². The zero-order chi connectivity index (χ0) is 29.3. The molecule has 3 heteroatoms. The molecule has 0 saturated heterocycles. The molecular weight excluding hydrogens is 498 g/mol. The lowest BCUT2D eigenvalue weighted by atomic mass is 9.78. The van der Waals surface area contributed by atoms with Gasteiger partial charge < -0.3 is 0 Å². The summed E-state index contributed by atoms with van der Waals surface area (Å²) in [5.41, 5.74) is 9.66. The van der Waals surface area contributed by atoms with Crippen LogP contribution in [-0.2, 0) is 0 Å². The summed E-state index contributed by atoms with van der Waals surface area (Å²) in [4.78, 5) is 0. The molecule has 41 heavy (non-hydrogen) atoms. The quantitative estimate of drug-likeness (QED) is 0.255. The van der Waals surface area contributed by atoms with E-state index in [0.717, 1.165) is 0 Å². The largest absolute Gasteiger partial charge is 0.191 e. The molecule has 1 aliphatic heterocycles. The maximum Gasteiger partial charge on any atom is 0.191 e. The second kappa shape index (κ2) is 12.5. The minimum Gasteiger partial charge on any atom is -0.125 e. The Hall–Kier alpha value is -2.94. The van der Waals surface area contributed by atoms with Gasteiger partial charge in [0.2, 0.25) is 0 Å². The molecule has 5 rings (SSSR count). The van der Waals surface area contributed by atoms with Crippen molar-refractivity contribution in [1.29, 1.82) is 0 Å². The van der Waals surface area contributed by atoms with Gasteiger partial charge in [0, 0.05) is 33.7 Å². The third kappa shape index (κ3) is 5.74. The van der Waals surface area contributed by atoms with E-state index in [2.05, 4.69) is 132 Å². The lowest BCUT2D eigenvalue weighted by molar-refractivity contribution is -0.547.